The van der Waals surface area contributed by atoms with Crippen molar-refractivity contribution in [3.05, 3.63) is 35.4 Å². The van der Waals surface area contributed by atoms with E-state index in [4.69, 9.17) is 10.5 Å². The monoisotopic (exact) mass is 279 g/mol. The molecule has 1 aromatic rings. The Morgan fingerprint density at radius 1 is 1.53 bits per heavy atom. The number of hydrogen-bond donors (Lipinski definition) is 1. The lowest BCUT2D eigenvalue weighted by atomic mass is 10.00. The number of carbonyl (C=O) groups is 1. The second-order valence-corrected chi connectivity index (χ2v) is 6.54. The Labute approximate surface area is 118 Å². The van der Waals surface area contributed by atoms with E-state index in [2.05, 4.69) is 31.2 Å². The summed E-state index contributed by atoms with van der Waals surface area (Å²) in [7, 11) is 1.41. The van der Waals surface area contributed by atoms with E-state index in [1.54, 1.807) is 0 Å². The van der Waals surface area contributed by atoms with Gasteiger partial charge in [-0.05, 0) is 37.3 Å². The van der Waals surface area contributed by atoms with Crippen LogP contribution < -0.4 is 5.73 Å². The standard InChI is InChI=1S/C15H21NO2S/c1-11-5-3-4-6-12(11)10-19-13-7-8-15(16,9-13)14(17)18-2/h3-6,13H,7-10,16H2,1-2H3. The second-order valence-electron chi connectivity index (χ2n) is 5.25. The number of thioether (sulfide) groups is 1. The summed E-state index contributed by atoms with van der Waals surface area (Å²) in [6.45, 7) is 2.13. The van der Waals surface area contributed by atoms with E-state index in [9.17, 15) is 4.79 Å². The minimum absolute atomic E-state index is 0.272. The predicted octanol–water partition coefficient (Wildman–Crippen LogP) is 2.65. The minimum Gasteiger partial charge on any atom is -0.468 e. The minimum atomic E-state index is -0.766. The highest BCUT2D eigenvalue weighted by molar-refractivity contribution is 7.99. The molecular weight excluding hydrogens is 258 g/mol. The van der Waals surface area contributed by atoms with Gasteiger partial charge in [0.2, 0.25) is 0 Å². The Bertz CT molecular complexity index is 463. The molecule has 0 bridgehead atoms. The fraction of sp³-hybridized carbons (Fsp3) is 0.533. The molecule has 1 aromatic carbocycles. The van der Waals surface area contributed by atoms with Crippen LogP contribution in [0.4, 0.5) is 0 Å². The van der Waals surface area contributed by atoms with Gasteiger partial charge < -0.3 is 10.5 Å². The zero-order valence-corrected chi connectivity index (χ0v) is 12.3. The van der Waals surface area contributed by atoms with Gasteiger partial charge in [-0.2, -0.15) is 11.8 Å². The summed E-state index contributed by atoms with van der Waals surface area (Å²) in [5, 5.41) is 0.448. The molecule has 0 aromatic heterocycles. The van der Waals surface area contributed by atoms with Crippen molar-refractivity contribution in [3.8, 4) is 0 Å². The van der Waals surface area contributed by atoms with E-state index >= 15 is 0 Å². The quantitative estimate of drug-likeness (QED) is 0.861. The molecule has 0 heterocycles. The summed E-state index contributed by atoms with van der Waals surface area (Å²) < 4.78 is 4.79. The van der Waals surface area contributed by atoms with Gasteiger partial charge in [0.15, 0.2) is 0 Å². The van der Waals surface area contributed by atoms with E-state index in [-0.39, 0.29) is 5.97 Å². The van der Waals surface area contributed by atoms with Crippen molar-refractivity contribution < 1.29 is 9.53 Å². The van der Waals surface area contributed by atoms with Crippen molar-refractivity contribution in [1.29, 1.82) is 0 Å². The van der Waals surface area contributed by atoms with Gasteiger partial charge in [-0.15, -0.1) is 0 Å². The van der Waals surface area contributed by atoms with E-state index in [0.29, 0.717) is 5.25 Å². The first-order valence-corrected chi connectivity index (χ1v) is 7.63. The van der Waals surface area contributed by atoms with Crippen molar-refractivity contribution in [2.75, 3.05) is 7.11 Å². The van der Waals surface area contributed by atoms with Gasteiger partial charge in [0.25, 0.3) is 0 Å². The van der Waals surface area contributed by atoms with Gasteiger partial charge in [-0.3, -0.25) is 4.79 Å². The average Bonchev–Trinajstić information content (AvgIpc) is 2.80. The fourth-order valence-electron chi connectivity index (χ4n) is 2.54. The highest BCUT2D eigenvalue weighted by Crippen LogP contribution is 2.37. The van der Waals surface area contributed by atoms with Gasteiger partial charge in [0.05, 0.1) is 7.11 Å². The number of ether oxygens (including phenoxy) is 1. The van der Waals surface area contributed by atoms with Crippen molar-refractivity contribution in [2.45, 2.75) is 42.7 Å². The first-order valence-electron chi connectivity index (χ1n) is 6.58. The maximum absolute atomic E-state index is 11.7. The van der Waals surface area contributed by atoms with Gasteiger partial charge in [0.1, 0.15) is 5.54 Å². The van der Waals surface area contributed by atoms with Crippen LogP contribution in [0.1, 0.15) is 30.4 Å². The smallest absolute Gasteiger partial charge is 0.325 e. The maximum atomic E-state index is 11.7. The molecule has 1 aliphatic carbocycles. The Morgan fingerprint density at radius 3 is 2.95 bits per heavy atom. The Morgan fingerprint density at radius 2 is 2.26 bits per heavy atom. The highest BCUT2D eigenvalue weighted by atomic mass is 32.2. The summed E-state index contributed by atoms with van der Waals surface area (Å²) in [6, 6.07) is 8.42. The normalized spacial score (nSPS) is 26.4. The van der Waals surface area contributed by atoms with Gasteiger partial charge in [-0.25, -0.2) is 0 Å². The SMILES string of the molecule is COC(=O)C1(N)CCC(SCc2ccccc2C)C1. The zero-order chi connectivity index (χ0) is 13.9. The number of hydrogen-bond acceptors (Lipinski definition) is 4. The largest absolute Gasteiger partial charge is 0.468 e. The van der Waals surface area contributed by atoms with Crippen molar-refractivity contribution in [3.63, 3.8) is 0 Å². The van der Waals surface area contributed by atoms with E-state index in [0.717, 1.165) is 25.0 Å². The number of nitrogens with two attached hydrogens (primary N) is 1. The zero-order valence-electron chi connectivity index (χ0n) is 11.5. The summed E-state index contributed by atoms with van der Waals surface area (Å²) in [5.74, 6) is 0.709. The van der Waals surface area contributed by atoms with Crippen molar-refractivity contribution >= 4 is 17.7 Å². The van der Waals surface area contributed by atoms with Crippen LogP contribution in [0, 0.1) is 6.92 Å². The van der Waals surface area contributed by atoms with E-state index in [1.807, 2.05) is 11.8 Å². The second kappa shape index (κ2) is 5.97. The van der Waals surface area contributed by atoms with E-state index < -0.39 is 5.54 Å². The molecule has 4 heteroatoms. The number of methoxy groups -OCH3 is 1. The number of aryl methyl sites for hydroxylation is 1. The summed E-state index contributed by atoms with van der Waals surface area (Å²) >= 11 is 1.89. The molecule has 0 saturated heterocycles. The molecule has 19 heavy (non-hydrogen) atoms. The maximum Gasteiger partial charge on any atom is 0.325 e. The number of rotatable bonds is 4. The molecular formula is C15H21NO2S. The van der Waals surface area contributed by atoms with Crippen LogP contribution >= 0.6 is 11.8 Å². The summed E-state index contributed by atoms with van der Waals surface area (Å²) in [5.41, 5.74) is 8.03. The Balaban J connectivity index is 1.89. The Hall–Kier alpha value is -1.00. The molecule has 1 fully saturated rings. The van der Waals surface area contributed by atoms with Gasteiger partial charge in [-0.1, -0.05) is 24.3 Å². The fourth-order valence-corrected chi connectivity index (χ4v) is 3.98. The third-order valence-electron chi connectivity index (χ3n) is 3.83. The molecule has 2 atom stereocenters. The van der Waals surface area contributed by atoms with Gasteiger partial charge >= 0.3 is 5.97 Å². The first kappa shape index (κ1) is 14.4. The number of esters is 1. The molecule has 0 radical (unpaired) electrons. The topological polar surface area (TPSA) is 52.3 Å². The molecule has 3 nitrogen and oxygen atoms in total. The van der Waals surface area contributed by atoms with Crippen LogP contribution in [0.25, 0.3) is 0 Å². The van der Waals surface area contributed by atoms with Crippen molar-refractivity contribution in [2.24, 2.45) is 5.73 Å². The predicted molar refractivity (Wildman–Crippen MR) is 79.0 cm³/mol. The summed E-state index contributed by atoms with van der Waals surface area (Å²) in [4.78, 5) is 11.7. The lowest BCUT2D eigenvalue weighted by Gasteiger charge is -2.20. The Kier molecular flexibility index (Phi) is 4.53. The third-order valence-corrected chi connectivity index (χ3v) is 5.18. The molecule has 0 amide bonds. The summed E-state index contributed by atoms with van der Waals surface area (Å²) in [6.07, 6.45) is 2.43. The number of carbonyl (C=O) groups excluding carboxylic acids is 1. The van der Waals surface area contributed by atoms with Gasteiger partial charge in [0, 0.05) is 11.0 Å². The van der Waals surface area contributed by atoms with Crippen LogP contribution in [0.15, 0.2) is 24.3 Å². The van der Waals surface area contributed by atoms with E-state index in [1.165, 1.54) is 18.2 Å². The molecule has 2 unspecified atom stereocenters. The third kappa shape index (κ3) is 3.31. The molecule has 0 aliphatic heterocycles. The molecule has 2 N–H and O–H groups in total. The molecule has 1 saturated carbocycles. The van der Waals surface area contributed by atoms with Crippen LogP contribution in [0.2, 0.25) is 0 Å². The number of benzene rings is 1. The lowest BCUT2D eigenvalue weighted by molar-refractivity contribution is -0.146. The van der Waals surface area contributed by atoms with Crippen molar-refractivity contribution in [1.82, 2.24) is 0 Å². The lowest BCUT2D eigenvalue weighted by Crippen LogP contribution is -2.46. The molecule has 0 spiro atoms. The molecule has 2 rings (SSSR count). The molecule has 104 valence electrons. The highest BCUT2D eigenvalue weighted by Gasteiger charge is 2.43. The van der Waals surface area contributed by atoms with Crippen LogP contribution in [0.5, 0.6) is 0 Å². The molecule has 1 aliphatic rings. The first-order chi connectivity index (χ1) is 9.05. The van der Waals surface area contributed by atoms with Crippen LogP contribution in [0.3, 0.4) is 0 Å². The van der Waals surface area contributed by atoms with Crippen LogP contribution in [-0.4, -0.2) is 23.9 Å². The average molecular weight is 279 g/mol. The van der Waals surface area contributed by atoms with Crippen LogP contribution in [-0.2, 0) is 15.3 Å².